The quantitative estimate of drug-likeness (QED) is 0.856. The highest BCUT2D eigenvalue weighted by molar-refractivity contribution is 5.00. The summed E-state index contributed by atoms with van der Waals surface area (Å²) in [6.45, 7) is 6.32. The van der Waals surface area contributed by atoms with Gasteiger partial charge >= 0.3 is 0 Å². The Morgan fingerprint density at radius 3 is 2.68 bits per heavy atom. The molecule has 2 rings (SSSR count). The summed E-state index contributed by atoms with van der Waals surface area (Å²) in [5.74, 6) is 0. The third-order valence-electron chi connectivity index (χ3n) is 4.44. The van der Waals surface area contributed by atoms with Crippen LogP contribution in [0.5, 0.6) is 0 Å². The van der Waals surface area contributed by atoms with Crippen LogP contribution in [0.4, 0.5) is 0 Å². The van der Waals surface area contributed by atoms with Crippen molar-refractivity contribution in [3.63, 3.8) is 0 Å². The lowest BCUT2D eigenvalue weighted by atomic mass is 10.0. The fraction of sp³-hybridized carbons (Fsp3) is 0.800. The molecular weight excluding hydrogens is 236 g/mol. The smallest absolute Gasteiger partial charge is 0.0762 e. The highest BCUT2D eigenvalue weighted by atomic mass is 15.3. The Bertz CT molecular complexity index is 389. The SMILES string of the molecule is CN(C)C(C)(C)CNCc1ccn(C2CCCC2)n1. The van der Waals surface area contributed by atoms with Gasteiger partial charge in [-0.05, 0) is 46.9 Å². The lowest BCUT2D eigenvalue weighted by Crippen LogP contribution is -2.46. The van der Waals surface area contributed by atoms with Gasteiger partial charge in [0.1, 0.15) is 0 Å². The summed E-state index contributed by atoms with van der Waals surface area (Å²) in [6, 6.07) is 2.79. The minimum Gasteiger partial charge on any atom is -0.309 e. The molecule has 0 radical (unpaired) electrons. The van der Waals surface area contributed by atoms with Crippen LogP contribution in [-0.2, 0) is 6.54 Å². The van der Waals surface area contributed by atoms with Gasteiger partial charge in [-0.25, -0.2) is 0 Å². The molecule has 1 saturated carbocycles. The van der Waals surface area contributed by atoms with Crippen molar-refractivity contribution in [3.8, 4) is 0 Å². The van der Waals surface area contributed by atoms with Gasteiger partial charge in [-0.15, -0.1) is 0 Å². The van der Waals surface area contributed by atoms with Gasteiger partial charge in [-0.2, -0.15) is 5.10 Å². The van der Waals surface area contributed by atoms with Crippen molar-refractivity contribution in [1.82, 2.24) is 20.0 Å². The number of aromatic nitrogens is 2. The van der Waals surface area contributed by atoms with Gasteiger partial charge in [-0.1, -0.05) is 12.8 Å². The van der Waals surface area contributed by atoms with Crippen molar-refractivity contribution in [2.45, 2.75) is 57.7 Å². The molecule has 1 aliphatic carbocycles. The monoisotopic (exact) mass is 264 g/mol. The molecule has 4 nitrogen and oxygen atoms in total. The summed E-state index contributed by atoms with van der Waals surface area (Å²) in [5, 5.41) is 8.21. The summed E-state index contributed by atoms with van der Waals surface area (Å²) in [6.07, 6.45) is 7.44. The zero-order chi connectivity index (χ0) is 13.9. The van der Waals surface area contributed by atoms with Crippen LogP contribution in [0.2, 0.25) is 0 Å². The van der Waals surface area contributed by atoms with Gasteiger partial charge in [0, 0.05) is 24.8 Å². The van der Waals surface area contributed by atoms with Crippen LogP contribution in [0.25, 0.3) is 0 Å². The second kappa shape index (κ2) is 6.06. The first kappa shape index (κ1) is 14.5. The molecule has 0 atom stereocenters. The van der Waals surface area contributed by atoms with E-state index < -0.39 is 0 Å². The molecule has 0 aromatic carbocycles. The van der Waals surface area contributed by atoms with Gasteiger partial charge in [0.15, 0.2) is 0 Å². The molecule has 0 aliphatic heterocycles. The van der Waals surface area contributed by atoms with E-state index in [-0.39, 0.29) is 5.54 Å². The first-order chi connectivity index (χ1) is 8.99. The Kier molecular flexibility index (Phi) is 4.63. The van der Waals surface area contributed by atoms with E-state index in [1.165, 1.54) is 25.7 Å². The first-order valence-corrected chi connectivity index (χ1v) is 7.41. The van der Waals surface area contributed by atoms with Gasteiger partial charge in [-0.3, -0.25) is 4.68 Å². The lowest BCUT2D eigenvalue weighted by molar-refractivity contribution is 0.189. The minimum atomic E-state index is 0.175. The highest BCUT2D eigenvalue weighted by Crippen LogP contribution is 2.28. The van der Waals surface area contributed by atoms with Crippen molar-refractivity contribution in [2.75, 3.05) is 20.6 Å². The van der Waals surface area contributed by atoms with E-state index in [0.29, 0.717) is 6.04 Å². The van der Waals surface area contributed by atoms with Crippen LogP contribution in [0.1, 0.15) is 51.3 Å². The summed E-state index contributed by atoms with van der Waals surface area (Å²) in [4.78, 5) is 2.25. The number of nitrogens with zero attached hydrogens (tertiary/aromatic N) is 3. The third kappa shape index (κ3) is 3.80. The average molecular weight is 264 g/mol. The molecule has 1 heterocycles. The average Bonchev–Trinajstić information content (AvgIpc) is 2.98. The molecule has 1 aliphatic rings. The molecule has 0 spiro atoms. The topological polar surface area (TPSA) is 33.1 Å². The Morgan fingerprint density at radius 2 is 2.05 bits per heavy atom. The molecule has 1 aromatic heterocycles. The van der Waals surface area contributed by atoms with E-state index in [9.17, 15) is 0 Å². The number of hydrogen-bond donors (Lipinski definition) is 1. The Balaban J connectivity index is 1.80. The van der Waals surface area contributed by atoms with Gasteiger partial charge in [0.05, 0.1) is 11.7 Å². The normalized spacial score (nSPS) is 17.5. The molecule has 108 valence electrons. The number of hydrogen-bond acceptors (Lipinski definition) is 3. The molecule has 1 fully saturated rings. The molecule has 4 heteroatoms. The van der Waals surface area contributed by atoms with Crippen LogP contribution in [-0.4, -0.2) is 40.9 Å². The minimum absolute atomic E-state index is 0.175. The van der Waals surface area contributed by atoms with Crippen LogP contribution in [0.15, 0.2) is 12.3 Å². The molecule has 0 amide bonds. The van der Waals surface area contributed by atoms with Gasteiger partial charge < -0.3 is 10.2 Å². The van der Waals surface area contributed by atoms with Crippen LogP contribution in [0, 0.1) is 0 Å². The molecule has 0 saturated heterocycles. The van der Waals surface area contributed by atoms with E-state index in [4.69, 9.17) is 5.10 Å². The summed E-state index contributed by atoms with van der Waals surface area (Å²) < 4.78 is 2.17. The predicted octanol–water partition coefficient (Wildman–Crippen LogP) is 2.43. The summed E-state index contributed by atoms with van der Waals surface area (Å²) in [7, 11) is 4.24. The predicted molar refractivity (Wildman–Crippen MR) is 79.2 cm³/mol. The van der Waals surface area contributed by atoms with E-state index in [0.717, 1.165) is 18.8 Å². The maximum Gasteiger partial charge on any atom is 0.0762 e. The number of nitrogens with one attached hydrogen (secondary N) is 1. The Morgan fingerprint density at radius 1 is 1.37 bits per heavy atom. The molecule has 19 heavy (non-hydrogen) atoms. The van der Waals surface area contributed by atoms with Crippen molar-refractivity contribution >= 4 is 0 Å². The zero-order valence-corrected chi connectivity index (χ0v) is 12.8. The molecule has 0 unspecified atom stereocenters. The van der Waals surface area contributed by atoms with Crippen molar-refractivity contribution < 1.29 is 0 Å². The van der Waals surface area contributed by atoms with Crippen molar-refractivity contribution in [2.24, 2.45) is 0 Å². The molecule has 0 bridgehead atoms. The van der Waals surface area contributed by atoms with Gasteiger partial charge in [0.2, 0.25) is 0 Å². The van der Waals surface area contributed by atoms with E-state index in [2.05, 4.69) is 55.1 Å². The van der Waals surface area contributed by atoms with Crippen LogP contribution >= 0.6 is 0 Å². The van der Waals surface area contributed by atoms with E-state index >= 15 is 0 Å². The zero-order valence-electron chi connectivity index (χ0n) is 12.8. The largest absolute Gasteiger partial charge is 0.309 e. The second-order valence-corrected chi connectivity index (χ2v) is 6.54. The molecular formula is C15H28N4. The number of likely N-dealkylation sites (N-methyl/N-ethyl adjacent to an activating group) is 1. The van der Waals surface area contributed by atoms with Crippen molar-refractivity contribution in [1.29, 1.82) is 0 Å². The number of rotatable bonds is 6. The Labute approximate surface area is 117 Å². The molecule has 1 N–H and O–H groups in total. The second-order valence-electron chi connectivity index (χ2n) is 6.54. The fourth-order valence-electron chi connectivity index (χ4n) is 2.50. The van der Waals surface area contributed by atoms with E-state index in [1.54, 1.807) is 0 Å². The van der Waals surface area contributed by atoms with Crippen molar-refractivity contribution in [3.05, 3.63) is 18.0 Å². The fourth-order valence-corrected chi connectivity index (χ4v) is 2.50. The lowest BCUT2D eigenvalue weighted by Gasteiger charge is -2.32. The third-order valence-corrected chi connectivity index (χ3v) is 4.44. The maximum absolute atomic E-state index is 4.70. The summed E-state index contributed by atoms with van der Waals surface area (Å²) >= 11 is 0. The first-order valence-electron chi connectivity index (χ1n) is 7.41. The summed E-state index contributed by atoms with van der Waals surface area (Å²) in [5.41, 5.74) is 1.33. The highest BCUT2D eigenvalue weighted by Gasteiger charge is 2.20. The maximum atomic E-state index is 4.70. The van der Waals surface area contributed by atoms with Crippen LogP contribution in [0.3, 0.4) is 0 Å². The van der Waals surface area contributed by atoms with Gasteiger partial charge in [0.25, 0.3) is 0 Å². The van der Waals surface area contributed by atoms with Crippen LogP contribution < -0.4 is 5.32 Å². The van der Waals surface area contributed by atoms with E-state index in [1.807, 2.05) is 0 Å². The standard InChI is InChI=1S/C15H28N4/c1-15(2,18(3)4)12-16-11-13-9-10-19(17-13)14-7-5-6-8-14/h9-10,14,16H,5-8,11-12H2,1-4H3. The Hall–Kier alpha value is -0.870. The molecule has 1 aromatic rings.